The molecule has 118 valence electrons. The lowest BCUT2D eigenvalue weighted by molar-refractivity contribution is -0.212. The Bertz CT molecular complexity index is 681. The lowest BCUT2D eigenvalue weighted by Crippen LogP contribution is -2.21. The largest absolute Gasteiger partial charge is 0.504 e. The van der Waals surface area contributed by atoms with Gasteiger partial charge in [-0.2, -0.15) is 14.8 Å². The highest BCUT2D eigenvalue weighted by atomic mass is 19.4. The van der Waals surface area contributed by atoms with Crippen molar-refractivity contribution < 1.29 is 13.2 Å². The molecule has 0 saturated carbocycles. The summed E-state index contributed by atoms with van der Waals surface area (Å²) >= 11 is 0. The Balaban J connectivity index is 1.94. The SMILES string of the molecule is C[C@@H]1CCN(c2cc(-c3cnn(C(F)(F)F)c3)nc(N)n2)C1. The van der Waals surface area contributed by atoms with Crippen LogP contribution in [0.5, 0.6) is 0 Å². The third kappa shape index (κ3) is 2.83. The first-order chi connectivity index (χ1) is 10.3. The molecule has 1 fully saturated rings. The van der Waals surface area contributed by atoms with Crippen LogP contribution in [-0.4, -0.2) is 32.8 Å². The van der Waals surface area contributed by atoms with Crippen molar-refractivity contribution in [3.8, 4) is 11.3 Å². The molecular weight excluding hydrogens is 297 g/mol. The van der Waals surface area contributed by atoms with Crippen LogP contribution in [0.25, 0.3) is 11.3 Å². The molecule has 1 aliphatic heterocycles. The van der Waals surface area contributed by atoms with Crippen molar-refractivity contribution in [1.82, 2.24) is 19.7 Å². The zero-order chi connectivity index (χ0) is 15.9. The molecule has 22 heavy (non-hydrogen) atoms. The smallest absolute Gasteiger partial charge is 0.368 e. The highest BCUT2D eigenvalue weighted by Gasteiger charge is 2.32. The van der Waals surface area contributed by atoms with Gasteiger partial charge in [-0.05, 0) is 12.3 Å². The summed E-state index contributed by atoms with van der Waals surface area (Å²) in [5, 5.41) is 3.31. The summed E-state index contributed by atoms with van der Waals surface area (Å²) in [5.74, 6) is 1.21. The summed E-state index contributed by atoms with van der Waals surface area (Å²) in [7, 11) is 0. The molecule has 0 radical (unpaired) electrons. The summed E-state index contributed by atoms with van der Waals surface area (Å²) < 4.78 is 37.7. The van der Waals surface area contributed by atoms with Crippen LogP contribution < -0.4 is 10.6 Å². The molecule has 2 N–H and O–H groups in total. The molecule has 0 amide bonds. The Morgan fingerprint density at radius 2 is 2.09 bits per heavy atom. The van der Waals surface area contributed by atoms with E-state index in [1.807, 2.05) is 0 Å². The molecule has 0 aromatic carbocycles. The zero-order valence-electron chi connectivity index (χ0n) is 11.9. The highest BCUT2D eigenvalue weighted by Crippen LogP contribution is 2.28. The number of aromatic nitrogens is 4. The van der Waals surface area contributed by atoms with Crippen molar-refractivity contribution in [2.75, 3.05) is 23.7 Å². The van der Waals surface area contributed by atoms with Crippen LogP contribution in [0.3, 0.4) is 0 Å². The monoisotopic (exact) mass is 312 g/mol. The van der Waals surface area contributed by atoms with Crippen LogP contribution in [0, 0.1) is 5.92 Å². The molecule has 2 aromatic heterocycles. The predicted molar refractivity (Wildman–Crippen MR) is 75.0 cm³/mol. The van der Waals surface area contributed by atoms with Gasteiger partial charge in [0.2, 0.25) is 5.95 Å². The van der Waals surface area contributed by atoms with Crippen molar-refractivity contribution in [3.63, 3.8) is 0 Å². The number of hydrogen-bond acceptors (Lipinski definition) is 5. The van der Waals surface area contributed by atoms with Crippen LogP contribution in [0.4, 0.5) is 24.9 Å². The van der Waals surface area contributed by atoms with Gasteiger partial charge in [0.05, 0.1) is 11.9 Å². The molecule has 1 saturated heterocycles. The molecule has 2 aromatic rings. The average molecular weight is 312 g/mol. The van der Waals surface area contributed by atoms with Crippen molar-refractivity contribution in [1.29, 1.82) is 0 Å². The second kappa shape index (κ2) is 5.15. The Hall–Kier alpha value is -2.32. The first-order valence-electron chi connectivity index (χ1n) is 6.84. The fraction of sp³-hybridized carbons (Fsp3) is 0.462. The molecular formula is C13H15F3N6. The van der Waals surface area contributed by atoms with Crippen LogP contribution >= 0.6 is 0 Å². The molecule has 1 aliphatic rings. The number of anilines is 2. The maximum atomic E-state index is 12.6. The molecule has 9 heteroatoms. The van der Waals surface area contributed by atoms with Gasteiger partial charge < -0.3 is 10.6 Å². The first-order valence-corrected chi connectivity index (χ1v) is 6.84. The number of nitrogens with two attached hydrogens (primary N) is 1. The van der Waals surface area contributed by atoms with E-state index in [2.05, 4.69) is 26.9 Å². The third-order valence-corrected chi connectivity index (χ3v) is 3.62. The molecule has 1 atom stereocenters. The maximum absolute atomic E-state index is 12.6. The summed E-state index contributed by atoms with van der Waals surface area (Å²) in [6.45, 7) is 3.83. The van der Waals surface area contributed by atoms with Gasteiger partial charge in [-0.25, -0.2) is 4.98 Å². The number of rotatable bonds is 2. The maximum Gasteiger partial charge on any atom is 0.504 e. The number of nitrogen functional groups attached to an aromatic ring is 1. The third-order valence-electron chi connectivity index (χ3n) is 3.62. The van der Waals surface area contributed by atoms with E-state index >= 15 is 0 Å². The van der Waals surface area contributed by atoms with Gasteiger partial charge in [0.1, 0.15) is 5.82 Å². The van der Waals surface area contributed by atoms with Crippen molar-refractivity contribution in [3.05, 3.63) is 18.5 Å². The Morgan fingerprint density at radius 1 is 1.32 bits per heavy atom. The molecule has 0 unspecified atom stereocenters. The fourth-order valence-electron chi connectivity index (χ4n) is 2.50. The molecule has 0 aliphatic carbocycles. The molecule has 0 spiro atoms. The van der Waals surface area contributed by atoms with Gasteiger partial charge in [0, 0.05) is 30.9 Å². The Labute approximate surface area is 124 Å². The number of halogens is 3. The summed E-state index contributed by atoms with van der Waals surface area (Å²) in [6, 6.07) is 1.64. The Morgan fingerprint density at radius 3 is 2.68 bits per heavy atom. The molecule has 0 bridgehead atoms. The summed E-state index contributed by atoms with van der Waals surface area (Å²) in [6.07, 6.45) is -1.50. The number of hydrogen-bond donors (Lipinski definition) is 1. The highest BCUT2D eigenvalue weighted by molar-refractivity contribution is 5.63. The second-order valence-corrected chi connectivity index (χ2v) is 5.45. The Kier molecular flexibility index (Phi) is 3.42. The number of nitrogens with zero attached hydrogens (tertiary/aromatic N) is 5. The average Bonchev–Trinajstić information content (AvgIpc) is 3.05. The lowest BCUT2D eigenvalue weighted by Gasteiger charge is -2.17. The van der Waals surface area contributed by atoms with E-state index in [1.165, 1.54) is 0 Å². The zero-order valence-corrected chi connectivity index (χ0v) is 11.9. The summed E-state index contributed by atoms with van der Waals surface area (Å²) in [5.41, 5.74) is 6.27. The van der Waals surface area contributed by atoms with E-state index in [0.29, 0.717) is 17.4 Å². The molecule has 3 rings (SSSR count). The van der Waals surface area contributed by atoms with Crippen LogP contribution in [0.15, 0.2) is 18.5 Å². The van der Waals surface area contributed by atoms with Crippen LogP contribution in [0.2, 0.25) is 0 Å². The van der Waals surface area contributed by atoms with Crippen molar-refractivity contribution in [2.45, 2.75) is 19.6 Å². The minimum Gasteiger partial charge on any atom is -0.368 e. The minimum absolute atomic E-state index is 0.0341. The first kappa shape index (κ1) is 14.6. The van der Waals surface area contributed by atoms with E-state index in [-0.39, 0.29) is 16.2 Å². The van der Waals surface area contributed by atoms with E-state index < -0.39 is 6.30 Å². The molecule has 6 nitrogen and oxygen atoms in total. The second-order valence-electron chi connectivity index (χ2n) is 5.45. The standard InChI is InChI=1S/C13H15F3N6/c1-8-2-3-21(6-8)11-4-10(19-12(17)20-11)9-5-18-22(7-9)13(14,15)16/h4-5,7-8H,2-3,6H2,1H3,(H2,17,19,20)/t8-/m1/s1. The van der Waals surface area contributed by atoms with Crippen LogP contribution in [0.1, 0.15) is 13.3 Å². The van der Waals surface area contributed by atoms with Gasteiger partial charge in [-0.3, -0.25) is 0 Å². The minimum atomic E-state index is -4.55. The molecule has 3 heterocycles. The van der Waals surface area contributed by atoms with Crippen LogP contribution in [-0.2, 0) is 6.30 Å². The van der Waals surface area contributed by atoms with E-state index in [0.717, 1.165) is 31.9 Å². The topological polar surface area (TPSA) is 72.9 Å². The number of alkyl halides is 3. The van der Waals surface area contributed by atoms with Crippen molar-refractivity contribution >= 4 is 11.8 Å². The lowest BCUT2D eigenvalue weighted by atomic mass is 10.2. The van der Waals surface area contributed by atoms with E-state index in [1.54, 1.807) is 6.07 Å². The summed E-state index contributed by atoms with van der Waals surface area (Å²) in [4.78, 5) is 10.2. The predicted octanol–water partition coefficient (Wildman–Crippen LogP) is 2.24. The van der Waals surface area contributed by atoms with Gasteiger partial charge in [-0.15, -0.1) is 13.2 Å². The van der Waals surface area contributed by atoms with Gasteiger partial charge in [0.15, 0.2) is 0 Å². The van der Waals surface area contributed by atoms with Gasteiger partial charge in [-0.1, -0.05) is 6.92 Å². The normalized spacial score (nSPS) is 18.9. The quantitative estimate of drug-likeness (QED) is 0.920. The van der Waals surface area contributed by atoms with Gasteiger partial charge in [0.25, 0.3) is 0 Å². The van der Waals surface area contributed by atoms with Crippen molar-refractivity contribution in [2.24, 2.45) is 5.92 Å². The van der Waals surface area contributed by atoms with E-state index in [4.69, 9.17) is 5.73 Å². The fourth-order valence-corrected chi connectivity index (χ4v) is 2.50. The van der Waals surface area contributed by atoms with E-state index in [9.17, 15) is 13.2 Å². The van der Waals surface area contributed by atoms with Gasteiger partial charge >= 0.3 is 6.30 Å².